The van der Waals surface area contributed by atoms with Gasteiger partial charge in [0.05, 0.1) is 0 Å². The molecule has 0 radical (unpaired) electrons. The molecule has 0 spiro atoms. The van der Waals surface area contributed by atoms with Crippen LogP contribution in [0.25, 0.3) is 0 Å². The molecule has 0 aliphatic rings. The van der Waals surface area contributed by atoms with Gasteiger partial charge in [0.1, 0.15) is 0 Å². The van der Waals surface area contributed by atoms with Crippen molar-refractivity contribution < 1.29 is 0 Å². The number of rotatable bonds is 1. The lowest BCUT2D eigenvalue weighted by molar-refractivity contribution is 0.832. The van der Waals surface area contributed by atoms with E-state index < -0.39 is 0 Å². The van der Waals surface area contributed by atoms with Gasteiger partial charge in [0, 0.05) is 11.9 Å². The van der Waals surface area contributed by atoms with Crippen molar-refractivity contribution in [1.29, 1.82) is 0 Å². The van der Waals surface area contributed by atoms with Crippen LogP contribution in [-0.2, 0) is 0 Å². The second-order valence-electron chi connectivity index (χ2n) is 2.28. The van der Waals surface area contributed by atoms with Crippen molar-refractivity contribution in [2.24, 2.45) is 0 Å². The van der Waals surface area contributed by atoms with Crippen LogP contribution in [0.5, 0.6) is 0 Å². The lowest BCUT2D eigenvalue weighted by Crippen LogP contribution is -1.84. The first-order chi connectivity index (χ1) is 4.20. The van der Waals surface area contributed by atoms with E-state index in [0.29, 0.717) is 11.2 Å². The molecule has 9 heavy (non-hydrogen) atoms. The number of hydrogen-bond acceptors (Lipinski definition) is 1. The third-order valence-electron chi connectivity index (χ3n) is 1.19. The van der Waals surface area contributed by atoms with Crippen molar-refractivity contribution in [3.8, 4) is 0 Å². The Balaban J connectivity index is 2.85. The predicted molar refractivity (Wildman–Crippen MR) is 37.7 cm³/mol. The van der Waals surface area contributed by atoms with Crippen LogP contribution in [0.3, 0.4) is 0 Å². The standard InChI is InChI=1S/C6H9ClN2/c1-4(2)5-3-8-6(7)9-5/h3-4H,1-2H3,(H,8,9). The van der Waals surface area contributed by atoms with Crippen LogP contribution in [0.4, 0.5) is 0 Å². The summed E-state index contributed by atoms with van der Waals surface area (Å²) in [6.45, 7) is 4.17. The largest absolute Gasteiger partial charge is 0.332 e. The number of nitrogens with one attached hydrogen (secondary N) is 1. The van der Waals surface area contributed by atoms with Gasteiger partial charge in [0.15, 0.2) is 5.28 Å². The Morgan fingerprint density at radius 1 is 1.67 bits per heavy atom. The summed E-state index contributed by atoms with van der Waals surface area (Å²) in [6.07, 6.45) is 1.76. The summed E-state index contributed by atoms with van der Waals surface area (Å²) >= 11 is 5.54. The van der Waals surface area contributed by atoms with Crippen molar-refractivity contribution in [3.63, 3.8) is 0 Å². The van der Waals surface area contributed by atoms with Crippen LogP contribution in [0, 0.1) is 0 Å². The molecule has 1 aromatic heterocycles. The maximum Gasteiger partial charge on any atom is 0.200 e. The number of nitrogens with zero attached hydrogens (tertiary/aromatic N) is 1. The smallest absolute Gasteiger partial charge is 0.200 e. The van der Waals surface area contributed by atoms with Crippen LogP contribution in [0.15, 0.2) is 6.20 Å². The molecule has 0 aliphatic heterocycles. The summed E-state index contributed by atoms with van der Waals surface area (Å²) in [7, 11) is 0. The van der Waals surface area contributed by atoms with Gasteiger partial charge in [-0.1, -0.05) is 13.8 Å². The van der Waals surface area contributed by atoms with Crippen LogP contribution >= 0.6 is 11.6 Å². The van der Waals surface area contributed by atoms with E-state index in [-0.39, 0.29) is 0 Å². The average Bonchev–Trinajstić information content (AvgIpc) is 2.14. The van der Waals surface area contributed by atoms with E-state index in [4.69, 9.17) is 11.6 Å². The Hall–Kier alpha value is -0.500. The van der Waals surface area contributed by atoms with E-state index in [1.807, 2.05) is 0 Å². The van der Waals surface area contributed by atoms with E-state index >= 15 is 0 Å². The van der Waals surface area contributed by atoms with E-state index in [1.165, 1.54) is 0 Å². The molecular formula is C6H9ClN2. The number of hydrogen-bond donors (Lipinski definition) is 1. The number of aromatic amines is 1. The normalized spacial score (nSPS) is 10.7. The average molecular weight is 145 g/mol. The first-order valence-corrected chi connectivity index (χ1v) is 3.28. The van der Waals surface area contributed by atoms with Gasteiger partial charge in [-0.05, 0) is 17.5 Å². The molecule has 50 valence electrons. The number of imidazole rings is 1. The molecule has 0 saturated heterocycles. The van der Waals surface area contributed by atoms with Gasteiger partial charge in [0.2, 0.25) is 0 Å². The van der Waals surface area contributed by atoms with E-state index in [9.17, 15) is 0 Å². The summed E-state index contributed by atoms with van der Waals surface area (Å²) in [5.41, 5.74) is 1.08. The molecule has 3 heteroatoms. The van der Waals surface area contributed by atoms with Crippen LogP contribution in [-0.4, -0.2) is 9.97 Å². The van der Waals surface area contributed by atoms with E-state index in [1.54, 1.807) is 6.20 Å². The molecule has 0 atom stereocenters. The Bertz CT molecular complexity index is 193. The molecule has 0 aromatic carbocycles. The van der Waals surface area contributed by atoms with Crippen molar-refractivity contribution in [2.45, 2.75) is 19.8 Å². The quantitative estimate of drug-likeness (QED) is 0.643. The molecule has 1 N–H and O–H groups in total. The molecule has 0 bridgehead atoms. The highest BCUT2D eigenvalue weighted by molar-refractivity contribution is 6.28. The maximum absolute atomic E-state index is 5.54. The molecular weight excluding hydrogens is 136 g/mol. The number of halogens is 1. The Labute approximate surface area is 59.3 Å². The number of aromatic nitrogens is 2. The van der Waals surface area contributed by atoms with Gasteiger partial charge in [-0.25, -0.2) is 4.98 Å². The molecule has 2 nitrogen and oxygen atoms in total. The van der Waals surface area contributed by atoms with Crippen LogP contribution in [0.1, 0.15) is 25.5 Å². The second kappa shape index (κ2) is 2.40. The van der Waals surface area contributed by atoms with E-state index in [0.717, 1.165) is 5.69 Å². The topological polar surface area (TPSA) is 28.7 Å². The van der Waals surface area contributed by atoms with Crippen molar-refractivity contribution in [2.75, 3.05) is 0 Å². The summed E-state index contributed by atoms with van der Waals surface area (Å²) in [5.74, 6) is 0.477. The lowest BCUT2D eigenvalue weighted by Gasteiger charge is -1.96. The molecule has 0 fully saturated rings. The second-order valence-corrected chi connectivity index (χ2v) is 2.64. The van der Waals surface area contributed by atoms with Gasteiger partial charge < -0.3 is 4.98 Å². The van der Waals surface area contributed by atoms with Crippen molar-refractivity contribution in [1.82, 2.24) is 9.97 Å². The lowest BCUT2D eigenvalue weighted by atomic mass is 10.2. The first-order valence-electron chi connectivity index (χ1n) is 2.90. The Kier molecular flexibility index (Phi) is 1.76. The monoisotopic (exact) mass is 144 g/mol. The van der Waals surface area contributed by atoms with Crippen LogP contribution < -0.4 is 0 Å². The zero-order valence-corrected chi connectivity index (χ0v) is 6.24. The van der Waals surface area contributed by atoms with Crippen LogP contribution in [0.2, 0.25) is 5.28 Å². The van der Waals surface area contributed by atoms with Gasteiger partial charge in [-0.15, -0.1) is 0 Å². The highest BCUT2D eigenvalue weighted by Crippen LogP contribution is 2.12. The molecule has 1 heterocycles. The summed E-state index contributed by atoms with van der Waals surface area (Å²) < 4.78 is 0. The summed E-state index contributed by atoms with van der Waals surface area (Å²) in [5, 5.41) is 0.471. The number of H-pyrrole nitrogens is 1. The fraction of sp³-hybridized carbons (Fsp3) is 0.500. The SMILES string of the molecule is CC(C)c1cnc(Cl)[nH]1. The molecule has 0 unspecified atom stereocenters. The molecule has 0 saturated carbocycles. The zero-order chi connectivity index (χ0) is 6.85. The minimum atomic E-state index is 0.471. The van der Waals surface area contributed by atoms with Gasteiger partial charge in [0.25, 0.3) is 0 Å². The fourth-order valence-corrected chi connectivity index (χ4v) is 0.761. The Morgan fingerprint density at radius 3 is 2.56 bits per heavy atom. The third-order valence-corrected chi connectivity index (χ3v) is 1.38. The van der Waals surface area contributed by atoms with Gasteiger partial charge in [-0.3, -0.25) is 0 Å². The highest BCUT2D eigenvalue weighted by Gasteiger charge is 2.00. The summed E-state index contributed by atoms with van der Waals surface area (Å²) in [4.78, 5) is 6.78. The first kappa shape index (κ1) is 6.62. The highest BCUT2D eigenvalue weighted by atomic mass is 35.5. The fourth-order valence-electron chi connectivity index (χ4n) is 0.603. The van der Waals surface area contributed by atoms with Crippen molar-refractivity contribution >= 4 is 11.6 Å². The molecule has 0 aliphatic carbocycles. The minimum Gasteiger partial charge on any atom is -0.332 e. The molecule has 1 aromatic rings. The molecule has 0 amide bonds. The zero-order valence-electron chi connectivity index (χ0n) is 5.48. The Morgan fingerprint density at radius 2 is 2.33 bits per heavy atom. The third kappa shape index (κ3) is 1.45. The predicted octanol–water partition coefficient (Wildman–Crippen LogP) is 2.19. The minimum absolute atomic E-state index is 0.471. The molecule has 1 rings (SSSR count). The van der Waals surface area contributed by atoms with Gasteiger partial charge in [-0.2, -0.15) is 0 Å². The van der Waals surface area contributed by atoms with Crippen molar-refractivity contribution in [3.05, 3.63) is 17.2 Å². The van der Waals surface area contributed by atoms with Gasteiger partial charge >= 0.3 is 0 Å². The summed E-state index contributed by atoms with van der Waals surface area (Å²) in [6, 6.07) is 0. The maximum atomic E-state index is 5.54. The van der Waals surface area contributed by atoms with E-state index in [2.05, 4.69) is 23.8 Å².